The van der Waals surface area contributed by atoms with Crippen LogP contribution in [0.1, 0.15) is 23.7 Å². The standard InChI is InChI=1S/C19H17N3O3S/c1-11-7-8-14-13-9-16(24)25-19(17(13)18(20)22(11)14)26-10-15(23)21-12-5-3-2-4-6-12/h2-8,13,20H,9-10H2,1H3,(H,21,23). The Morgan fingerprint density at radius 3 is 2.85 bits per heavy atom. The molecular weight excluding hydrogens is 350 g/mol. The van der Waals surface area contributed by atoms with Gasteiger partial charge in [0.05, 0.1) is 17.7 Å². The second-order valence-corrected chi connectivity index (χ2v) is 7.17. The number of allylic oxidation sites excluding steroid dienone is 1. The zero-order chi connectivity index (χ0) is 18.3. The van der Waals surface area contributed by atoms with Crippen molar-refractivity contribution in [2.75, 3.05) is 11.1 Å². The predicted molar refractivity (Wildman–Crippen MR) is 100 cm³/mol. The number of hydrogen-bond donors (Lipinski definition) is 2. The first-order valence-corrected chi connectivity index (χ1v) is 9.23. The van der Waals surface area contributed by atoms with Gasteiger partial charge in [-0.3, -0.25) is 15.0 Å². The molecule has 132 valence electrons. The van der Waals surface area contributed by atoms with Crippen molar-refractivity contribution in [1.82, 2.24) is 4.57 Å². The van der Waals surface area contributed by atoms with Crippen LogP contribution in [0.25, 0.3) is 0 Å². The quantitative estimate of drug-likeness (QED) is 0.813. The summed E-state index contributed by atoms with van der Waals surface area (Å²) in [5.41, 5.74) is 3.30. The number of benzene rings is 1. The third-order valence-electron chi connectivity index (χ3n) is 4.48. The van der Waals surface area contributed by atoms with Gasteiger partial charge in [0.25, 0.3) is 0 Å². The summed E-state index contributed by atoms with van der Waals surface area (Å²) in [5, 5.41) is 11.6. The van der Waals surface area contributed by atoms with Gasteiger partial charge >= 0.3 is 5.97 Å². The third kappa shape index (κ3) is 2.84. The van der Waals surface area contributed by atoms with Crippen LogP contribution >= 0.6 is 11.8 Å². The van der Waals surface area contributed by atoms with Crippen molar-refractivity contribution in [2.24, 2.45) is 0 Å². The largest absolute Gasteiger partial charge is 0.419 e. The number of cyclic esters (lactones) is 1. The van der Waals surface area contributed by atoms with Gasteiger partial charge in [-0.25, -0.2) is 0 Å². The Bertz CT molecular complexity index is 946. The van der Waals surface area contributed by atoms with Gasteiger partial charge in [-0.05, 0) is 31.2 Å². The summed E-state index contributed by atoms with van der Waals surface area (Å²) in [5.74, 6) is -0.254. The summed E-state index contributed by atoms with van der Waals surface area (Å²) in [6, 6.07) is 13.1. The highest BCUT2D eigenvalue weighted by atomic mass is 32.2. The summed E-state index contributed by atoms with van der Waals surface area (Å²) in [6.07, 6.45) is 0.224. The average molecular weight is 367 g/mol. The highest BCUT2D eigenvalue weighted by Gasteiger charge is 2.41. The Morgan fingerprint density at radius 1 is 1.31 bits per heavy atom. The summed E-state index contributed by atoms with van der Waals surface area (Å²) in [6.45, 7) is 1.93. The van der Waals surface area contributed by atoms with Gasteiger partial charge in [0, 0.05) is 23.0 Å². The lowest BCUT2D eigenvalue weighted by atomic mass is 9.94. The predicted octanol–water partition coefficient (Wildman–Crippen LogP) is 3.25. The number of carbonyl (C=O) groups is 2. The Balaban J connectivity index is 1.54. The number of aromatic nitrogens is 1. The maximum Gasteiger partial charge on any atom is 0.312 e. The van der Waals surface area contributed by atoms with E-state index in [0.29, 0.717) is 16.5 Å². The summed E-state index contributed by atoms with van der Waals surface area (Å²) in [7, 11) is 0. The molecule has 1 amide bonds. The Kier molecular flexibility index (Phi) is 4.16. The van der Waals surface area contributed by atoms with Crippen molar-refractivity contribution in [2.45, 2.75) is 19.3 Å². The van der Waals surface area contributed by atoms with E-state index in [4.69, 9.17) is 10.1 Å². The third-order valence-corrected chi connectivity index (χ3v) is 5.45. The minimum atomic E-state index is -0.329. The number of aryl methyl sites for hydroxylation is 1. The second-order valence-electron chi connectivity index (χ2n) is 6.22. The van der Waals surface area contributed by atoms with E-state index >= 15 is 0 Å². The van der Waals surface area contributed by atoms with Crippen LogP contribution in [0.5, 0.6) is 0 Å². The number of rotatable bonds is 4. The van der Waals surface area contributed by atoms with E-state index in [1.54, 1.807) is 0 Å². The molecule has 1 unspecified atom stereocenters. The van der Waals surface area contributed by atoms with Crippen molar-refractivity contribution in [3.63, 3.8) is 0 Å². The van der Waals surface area contributed by atoms with E-state index in [2.05, 4.69) is 5.32 Å². The molecule has 6 nitrogen and oxygen atoms in total. The van der Waals surface area contributed by atoms with Crippen LogP contribution in [-0.4, -0.2) is 28.0 Å². The maximum atomic E-state index is 12.2. The van der Waals surface area contributed by atoms with Crippen LogP contribution in [0.2, 0.25) is 0 Å². The Labute approximate surface area is 154 Å². The Morgan fingerprint density at radius 2 is 2.08 bits per heavy atom. The number of ether oxygens (including phenoxy) is 1. The first-order valence-electron chi connectivity index (χ1n) is 8.24. The van der Waals surface area contributed by atoms with Crippen LogP contribution in [0.4, 0.5) is 5.69 Å². The SMILES string of the molecule is Cc1ccc2n1C(=N)C1=C(SCC(=O)Nc3ccccc3)OC(=O)CC12. The lowest BCUT2D eigenvalue weighted by Gasteiger charge is -2.21. The molecule has 1 aromatic heterocycles. The van der Waals surface area contributed by atoms with Crippen LogP contribution in [-0.2, 0) is 14.3 Å². The highest BCUT2D eigenvalue weighted by molar-refractivity contribution is 8.03. The van der Waals surface area contributed by atoms with Gasteiger partial charge in [-0.1, -0.05) is 30.0 Å². The van der Waals surface area contributed by atoms with Crippen LogP contribution in [0.3, 0.4) is 0 Å². The first kappa shape index (κ1) is 16.7. The fourth-order valence-electron chi connectivity index (χ4n) is 3.34. The van der Waals surface area contributed by atoms with Gasteiger partial charge in [-0.2, -0.15) is 0 Å². The van der Waals surface area contributed by atoms with Gasteiger partial charge < -0.3 is 14.6 Å². The van der Waals surface area contributed by atoms with E-state index in [1.165, 1.54) is 0 Å². The monoisotopic (exact) mass is 367 g/mol. The minimum absolute atomic E-state index is 0.106. The van der Waals surface area contributed by atoms with Crippen LogP contribution in [0, 0.1) is 12.3 Å². The number of nitrogens with one attached hydrogen (secondary N) is 2. The molecule has 2 aliphatic heterocycles. The number of anilines is 1. The molecule has 0 spiro atoms. The number of carbonyl (C=O) groups excluding carboxylic acids is 2. The molecule has 2 aromatic rings. The fraction of sp³-hybridized carbons (Fsp3) is 0.211. The van der Waals surface area contributed by atoms with E-state index < -0.39 is 0 Å². The fourth-order valence-corrected chi connectivity index (χ4v) is 4.22. The van der Waals surface area contributed by atoms with Crippen LogP contribution < -0.4 is 5.32 Å². The van der Waals surface area contributed by atoms with Crippen molar-refractivity contribution in [1.29, 1.82) is 5.41 Å². The highest BCUT2D eigenvalue weighted by Crippen LogP contribution is 2.44. The normalized spacial score (nSPS) is 18.4. The Hall–Kier alpha value is -2.80. The molecule has 1 aromatic carbocycles. The minimum Gasteiger partial charge on any atom is -0.419 e. The molecule has 0 fully saturated rings. The van der Waals surface area contributed by atoms with E-state index in [0.717, 1.165) is 28.8 Å². The molecule has 3 heterocycles. The molecule has 1 atom stereocenters. The van der Waals surface area contributed by atoms with Crippen molar-refractivity contribution in [3.8, 4) is 0 Å². The summed E-state index contributed by atoms with van der Waals surface area (Å²) >= 11 is 1.16. The molecule has 2 aliphatic rings. The topological polar surface area (TPSA) is 84.2 Å². The maximum absolute atomic E-state index is 12.2. The number of fused-ring (bicyclic) bond motifs is 3. The van der Waals surface area contributed by atoms with Crippen molar-refractivity contribution < 1.29 is 14.3 Å². The van der Waals surface area contributed by atoms with E-state index in [9.17, 15) is 9.59 Å². The summed E-state index contributed by atoms with van der Waals surface area (Å²) in [4.78, 5) is 24.2. The van der Waals surface area contributed by atoms with Gasteiger partial charge in [0.2, 0.25) is 5.91 Å². The number of para-hydroxylation sites is 1. The van der Waals surface area contributed by atoms with Gasteiger partial charge in [-0.15, -0.1) is 0 Å². The van der Waals surface area contributed by atoms with Crippen LogP contribution in [0.15, 0.2) is 53.1 Å². The first-order chi connectivity index (χ1) is 12.5. The molecule has 0 aliphatic carbocycles. The molecular formula is C19H17N3O3S. The zero-order valence-corrected chi connectivity index (χ0v) is 14.9. The smallest absolute Gasteiger partial charge is 0.312 e. The molecule has 0 radical (unpaired) electrons. The molecule has 2 N–H and O–H groups in total. The molecule has 0 saturated heterocycles. The van der Waals surface area contributed by atoms with E-state index in [-0.39, 0.29) is 30.0 Å². The lowest BCUT2D eigenvalue weighted by Crippen LogP contribution is -2.21. The van der Waals surface area contributed by atoms with Crippen molar-refractivity contribution >= 4 is 35.2 Å². The summed E-state index contributed by atoms with van der Waals surface area (Å²) < 4.78 is 7.22. The van der Waals surface area contributed by atoms with Gasteiger partial charge in [0.15, 0.2) is 5.09 Å². The molecule has 26 heavy (non-hydrogen) atoms. The van der Waals surface area contributed by atoms with E-state index in [1.807, 2.05) is 54.0 Å². The molecule has 0 bridgehead atoms. The average Bonchev–Trinajstić information content (AvgIpc) is 3.13. The number of amides is 1. The van der Waals surface area contributed by atoms with Gasteiger partial charge in [0.1, 0.15) is 5.84 Å². The van der Waals surface area contributed by atoms with Crippen molar-refractivity contribution in [3.05, 3.63) is 64.5 Å². The zero-order valence-electron chi connectivity index (χ0n) is 14.1. The number of nitrogens with zero attached hydrogens (tertiary/aromatic N) is 1. The number of hydrogen-bond acceptors (Lipinski definition) is 5. The number of thioether (sulfide) groups is 1. The molecule has 4 rings (SSSR count). The molecule has 7 heteroatoms. The second kappa shape index (κ2) is 6.49. The lowest BCUT2D eigenvalue weighted by molar-refractivity contribution is -0.139. The molecule has 0 saturated carbocycles. The number of esters is 1.